The van der Waals surface area contributed by atoms with Crippen LogP contribution in [-0.2, 0) is 14.2 Å². The van der Waals surface area contributed by atoms with E-state index < -0.39 is 0 Å². The maximum absolute atomic E-state index is 6.47. The highest BCUT2D eigenvalue weighted by molar-refractivity contribution is 4.92. The SMILES string of the molecule is COCC(COC)(COC1C(C)CCCC1C)C1CCC1. The summed E-state index contributed by atoms with van der Waals surface area (Å²) in [5.41, 5.74) is 0.0542. The van der Waals surface area contributed by atoms with Crippen LogP contribution >= 0.6 is 0 Å². The Hall–Kier alpha value is -0.120. The first-order valence-electron chi connectivity index (χ1n) is 8.72. The van der Waals surface area contributed by atoms with Crippen LogP contribution in [0.25, 0.3) is 0 Å². The highest BCUT2D eigenvalue weighted by Gasteiger charge is 2.43. The average Bonchev–Trinajstić information content (AvgIpc) is 2.36. The van der Waals surface area contributed by atoms with Crippen molar-refractivity contribution in [2.75, 3.05) is 34.0 Å². The molecule has 0 heterocycles. The van der Waals surface area contributed by atoms with Gasteiger partial charge in [-0.15, -0.1) is 0 Å². The van der Waals surface area contributed by atoms with Crippen molar-refractivity contribution in [1.29, 1.82) is 0 Å². The first kappa shape index (κ1) is 17.2. The zero-order chi connectivity index (χ0) is 15.3. The molecule has 2 atom stereocenters. The summed E-state index contributed by atoms with van der Waals surface area (Å²) in [5.74, 6) is 2.06. The predicted octanol–water partition coefficient (Wildman–Crippen LogP) is 3.91. The lowest BCUT2D eigenvalue weighted by atomic mass is 9.66. The Labute approximate surface area is 130 Å². The van der Waals surface area contributed by atoms with Gasteiger partial charge < -0.3 is 14.2 Å². The fourth-order valence-electron chi connectivity index (χ4n) is 4.32. The molecular weight excluding hydrogens is 264 g/mol. The maximum Gasteiger partial charge on any atom is 0.0626 e. The second kappa shape index (κ2) is 7.94. The fourth-order valence-corrected chi connectivity index (χ4v) is 4.32. The predicted molar refractivity (Wildman–Crippen MR) is 85.4 cm³/mol. The van der Waals surface area contributed by atoms with Gasteiger partial charge in [0.15, 0.2) is 0 Å². The summed E-state index contributed by atoms with van der Waals surface area (Å²) in [5, 5.41) is 0. The van der Waals surface area contributed by atoms with Crippen LogP contribution in [0, 0.1) is 23.2 Å². The molecule has 0 radical (unpaired) electrons. The maximum atomic E-state index is 6.47. The fraction of sp³-hybridized carbons (Fsp3) is 1.00. The molecule has 0 aromatic carbocycles. The highest BCUT2D eigenvalue weighted by atomic mass is 16.5. The van der Waals surface area contributed by atoms with E-state index >= 15 is 0 Å². The lowest BCUT2D eigenvalue weighted by Gasteiger charge is -2.46. The van der Waals surface area contributed by atoms with Crippen molar-refractivity contribution in [1.82, 2.24) is 0 Å². The van der Waals surface area contributed by atoms with Crippen molar-refractivity contribution in [3.8, 4) is 0 Å². The van der Waals surface area contributed by atoms with E-state index in [1.165, 1.54) is 38.5 Å². The molecule has 3 nitrogen and oxygen atoms in total. The molecule has 0 N–H and O–H groups in total. The van der Waals surface area contributed by atoms with E-state index in [1.54, 1.807) is 14.2 Å². The van der Waals surface area contributed by atoms with E-state index in [4.69, 9.17) is 14.2 Å². The van der Waals surface area contributed by atoms with E-state index in [9.17, 15) is 0 Å². The van der Waals surface area contributed by atoms with Crippen LogP contribution in [-0.4, -0.2) is 40.1 Å². The molecule has 21 heavy (non-hydrogen) atoms. The van der Waals surface area contributed by atoms with Gasteiger partial charge in [-0.1, -0.05) is 26.7 Å². The molecule has 2 saturated carbocycles. The second-order valence-corrected chi connectivity index (χ2v) is 7.52. The molecule has 0 amide bonds. The normalized spacial score (nSPS) is 31.1. The summed E-state index contributed by atoms with van der Waals surface area (Å²) >= 11 is 0. The molecular formula is C18H34O3. The van der Waals surface area contributed by atoms with E-state index in [-0.39, 0.29) is 5.41 Å². The minimum atomic E-state index is 0.0542. The number of rotatable bonds is 8. The Morgan fingerprint density at radius 1 is 0.810 bits per heavy atom. The third kappa shape index (κ3) is 4.00. The van der Waals surface area contributed by atoms with E-state index in [0.29, 0.717) is 23.9 Å². The molecule has 124 valence electrons. The topological polar surface area (TPSA) is 27.7 Å². The minimum Gasteiger partial charge on any atom is -0.384 e. The van der Waals surface area contributed by atoms with Crippen molar-refractivity contribution in [2.45, 2.75) is 58.5 Å². The van der Waals surface area contributed by atoms with Crippen LogP contribution in [0.3, 0.4) is 0 Å². The number of hydrogen-bond acceptors (Lipinski definition) is 3. The van der Waals surface area contributed by atoms with Crippen LogP contribution in [0.1, 0.15) is 52.4 Å². The van der Waals surface area contributed by atoms with Crippen LogP contribution in [0.2, 0.25) is 0 Å². The Morgan fingerprint density at radius 2 is 1.33 bits per heavy atom. The largest absolute Gasteiger partial charge is 0.384 e. The van der Waals surface area contributed by atoms with E-state index in [2.05, 4.69) is 13.8 Å². The summed E-state index contributed by atoms with van der Waals surface area (Å²) < 4.78 is 17.6. The van der Waals surface area contributed by atoms with Crippen molar-refractivity contribution in [3.63, 3.8) is 0 Å². The Bertz CT molecular complexity index is 285. The van der Waals surface area contributed by atoms with E-state index in [1.807, 2.05) is 0 Å². The molecule has 2 unspecified atom stereocenters. The quantitative estimate of drug-likeness (QED) is 0.680. The molecule has 2 aliphatic carbocycles. The van der Waals surface area contributed by atoms with Crippen LogP contribution in [0.5, 0.6) is 0 Å². The van der Waals surface area contributed by atoms with Crippen LogP contribution < -0.4 is 0 Å². The van der Waals surface area contributed by atoms with Gasteiger partial charge in [0.1, 0.15) is 0 Å². The highest BCUT2D eigenvalue weighted by Crippen LogP contribution is 2.44. The smallest absolute Gasteiger partial charge is 0.0626 e. The monoisotopic (exact) mass is 298 g/mol. The van der Waals surface area contributed by atoms with Gasteiger partial charge >= 0.3 is 0 Å². The summed E-state index contributed by atoms with van der Waals surface area (Å²) in [7, 11) is 3.60. The summed E-state index contributed by atoms with van der Waals surface area (Å²) in [6.45, 7) is 6.98. The van der Waals surface area contributed by atoms with Gasteiger partial charge in [0, 0.05) is 19.6 Å². The molecule has 0 spiro atoms. The number of ether oxygens (including phenoxy) is 3. The minimum absolute atomic E-state index is 0.0542. The van der Waals surface area contributed by atoms with Crippen molar-refractivity contribution < 1.29 is 14.2 Å². The number of hydrogen-bond donors (Lipinski definition) is 0. The molecule has 0 bridgehead atoms. The van der Waals surface area contributed by atoms with Crippen LogP contribution in [0.15, 0.2) is 0 Å². The lowest BCUT2D eigenvalue weighted by Crippen LogP contribution is -2.48. The molecule has 0 saturated heterocycles. The number of methoxy groups -OCH3 is 2. The molecule has 0 aromatic heterocycles. The first-order chi connectivity index (χ1) is 10.1. The Balaban J connectivity index is 1.99. The summed E-state index contributed by atoms with van der Waals surface area (Å²) in [4.78, 5) is 0. The molecule has 2 rings (SSSR count). The molecule has 2 fully saturated rings. The van der Waals surface area contributed by atoms with Crippen molar-refractivity contribution in [3.05, 3.63) is 0 Å². The van der Waals surface area contributed by atoms with Crippen LogP contribution in [0.4, 0.5) is 0 Å². The van der Waals surface area contributed by atoms with Gasteiger partial charge in [-0.25, -0.2) is 0 Å². The van der Waals surface area contributed by atoms with Crippen molar-refractivity contribution in [2.24, 2.45) is 23.2 Å². The zero-order valence-electron chi connectivity index (χ0n) is 14.4. The summed E-state index contributed by atoms with van der Waals surface area (Å²) in [6.07, 6.45) is 8.31. The first-order valence-corrected chi connectivity index (χ1v) is 8.72. The molecule has 0 aliphatic heterocycles. The molecule has 0 aromatic rings. The van der Waals surface area contributed by atoms with Gasteiger partial charge in [-0.05, 0) is 43.4 Å². The second-order valence-electron chi connectivity index (χ2n) is 7.52. The average molecular weight is 298 g/mol. The standard InChI is InChI=1S/C18H34O3/c1-14-7-5-8-15(2)17(14)21-13-18(11-19-3,12-20-4)16-9-6-10-16/h14-17H,5-13H2,1-4H3. The van der Waals surface area contributed by atoms with Gasteiger partial charge in [0.05, 0.1) is 25.9 Å². The van der Waals surface area contributed by atoms with Gasteiger partial charge in [-0.2, -0.15) is 0 Å². The Kier molecular flexibility index (Phi) is 6.51. The van der Waals surface area contributed by atoms with Gasteiger partial charge in [-0.3, -0.25) is 0 Å². The third-order valence-corrected chi connectivity index (χ3v) is 5.84. The van der Waals surface area contributed by atoms with E-state index in [0.717, 1.165) is 19.8 Å². The Morgan fingerprint density at radius 3 is 1.76 bits per heavy atom. The van der Waals surface area contributed by atoms with Crippen molar-refractivity contribution >= 4 is 0 Å². The molecule has 2 aliphatic rings. The molecule has 3 heteroatoms. The van der Waals surface area contributed by atoms with Gasteiger partial charge in [0.2, 0.25) is 0 Å². The zero-order valence-corrected chi connectivity index (χ0v) is 14.4. The lowest BCUT2D eigenvalue weighted by molar-refractivity contribution is -0.139. The van der Waals surface area contributed by atoms with Gasteiger partial charge in [0.25, 0.3) is 0 Å². The third-order valence-electron chi connectivity index (χ3n) is 5.84. The summed E-state index contributed by atoms with van der Waals surface area (Å²) in [6, 6.07) is 0.